The number of anilines is 2. The van der Waals surface area contributed by atoms with Crippen molar-refractivity contribution < 1.29 is 27.5 Å². The Morgan fingerprint density at radius 3 is 2.44 bits per heavy atom. The minimum absolute atomic E-state index is 0.00228. The predicted molar refractivity (Wildman–Crippen MR) is 147 cm³/mol. The number of nitrogens with one attached hydrogen (secondary N) is 2. The molecule has 2 N–H and O–H groups in total. The number of benzene rings is 1. The molecule has 1 atom stereocenters. The van der Waals surface area contributed by atoms with E-state index in [0.29, 0.717) is 29.4 Å². The van der Waals surface area contributed by atoms with E-state index in [2.05, 4.69) is 25.6 Å². The largest absolute Gasteiger partial charge is 0.444 e. The van der Waals surface area contributed by atoms with E-state index in [-0.39, 0.29) is 23.7 Å². The van der Waals surface area contributed by atoms with Crippen LogP contribution in [0.25, 0.3) is 11.0 Å². The third kappa shape index (κ3) is 6.42. The summed E-state index contributed by atoms with van der Waals surface area (Å²) in [6, 6.07) is 5.93. The van der Waals surface area contributed by atoms with E-state index < -0.39 is 23.4 Å². The lowest BCUT2D eigenvalue weighted by Gasteiger charge is -2.40. The van der Waals surface area contributed by atoms with Crippen LogP contribution in [0.5, 0.6) is 0 Å². The maximum atomic E-state index is 13.0. The zero-order valence-electron chi connectivity index (χ0n) is 22.7. The fraction of sp³-hybridized carbons (Fsp3) is 0.370. The van der Waals surface area contributed by atoms with Crippen LogP contribution in [0.2, 0.25) is 0 Å². The highest BCUT2D eigenvalue weighted by molar-refractivity contribution is 7.15. The van der Waals surface area contributed by atoms with Gasteiger partial charge >= 0.3 is 12.3 Å². The van der Waals surface area contributed by atoms with Crippen LogP contribution in [-0.2, 0) is 10.9 Å². The molecular weight excluding hydrogens is 559 g/mol. The molecule has 4 aromatic rings. The van der Waals surface area contributed by atoms with Gasteiger partial charge < -0.3 is 24.8 Å². The second-order valence-corrected chi connectivity index (χ2v) is 11.8. The highest BCUT2D eigenvalue weighted by Gasteiger charge is 2.35. The van der Waals surface area contributed by atoms with Gasteiger partial charge in [0, 0.05) is 29.9 Å². The zero-order chi connectivity index (χ0) is 29.5. The molecule has 0 radical (unpaired) electrons. The van der Waals surface area contributed by atoms with Gasteiger partial charge in [-0.05, 0) is 58.0 Å². The molecule has 14 heteroatoms. The first-order chi connectivity index (χ1) is 19.3. The van der Waals surface area contributed by atoms with E-state index in [9.17, 15) is 22.8 Å². The fourth-order valence-electron chi connectivity index (χ4n) is 4.20. The number of halogens is 3. The van der Waals surface area contributed by atoms with Crippen LogP contribution in [-0.4, -0.2) is 55.1 Å². The van der Waals surface area contributed by atoms with Gasteiger partial charge in [-0.2, -0.15) is 13.2 Å². The first-order valence-corrected chi connectivity index (χ1v) is 13.6. The molecule has 5 rings (SSSR count). The van der Waals surface area contributed by atoms with Crippen molar-refractivity contribution in [3.63, 3.8) is 0 Å². The van der Waals surface area contributed by atoms with Gasteiger partial charge in [0.1, 0.15) is 16.8 Å². The Morgan fingerprint density at radius 1 is 1.07 bits per heavy atom. The summed E-state index contributed by atoms with van der Waals surface area (Å²) in [5.74, 6) is -0.387. The highest BCUT2D eigenvalue weighted by Crippen LogP contribution is 2.32. The maximum absolute atomic E-state index is 13.0. The Labute approximate surface area is 237 Å². The number of hydrogen-bond acceptors (Lipinski definition) is 8. The van der Waals surface area contributed by atoms with Gasteiger partial charge in [-0.3, -0.25) is 4.79 Å². The van der Waals surface area contributed by atoms with E-state index in [1.165, 1.54) is 29.7 Å². The number of rotatable bonds is 6. The summed E-state index contributed by atoms with van der Waals surface area (Å²) in [6.07, 6.45) is 0.0419. The van der Waals surface area contributed by atoms with Gasteiger partial charge in [0.05, 0.1) is 35.7 Å². The molecular formula is C27H28F3N7O3S. The average molecular weight is 588 g/mol. The molecule has 1 aromatic carbocycles. The SMILES string of the molecule is C[C@@H](NC(=O)c1cc2c(cn1)ncn2C1CN(C(=O)OC(C)(C)C)C1)c1cnc(Nc2ccc(C(F)(F)F)cc2)s1. The molecule has 10 nitrogen and oxygen atoms in total. The van der Waals surface area contributed by atoms with Crippen molar-refractivity contribution >= 4 is 45.2 Å². The molecule has 4 heterocycles. The number of likely N-dealkylation sites (tertiary alicyclic amines) is 1. The third-order valence-corrected chi connectivity index (χ3v) is 7.46. The molecule has 0 spiro atoms. The topological polar surface area (TPSA) is 114 Å². The summed E-state index contributed by atoms with van der Waals surface area (Å²) in [5.41, 5.74) is 0.731. The van der Waals surface area contributed by atoms with E-state index in [1.54, 1.807) is 30.4 Å². The molecule has 0 aliphatic carbocycles. The van der Waals surface area contributed by atoms with E-state index in [1.807, 2.05) is 25.3 Å². The van der Waals surface area contributed by atoms with Crippen LogP contribution in [0, 0.1) is 0 Å². The van der Waals surface area contributed by atoms with Gasteiger partial charge in [-0.25, -0.2) is 19.7 Å². The van der Waals surface area contributed by atoms with Crippen molar-refractivity contribution in [2.75, 3.05) is 18.4 Å². The van der Waals surface area contributed by atoms with E-state index >= 15 is 0 Å². The van der Waals surface area contributed by atoms with Gasteiger partial charge in [-0.1, -0.05) is 11.3 Å². The lowest BCUT2D eigenvalue weighted by atomic mass is 10.1. The molecule has 0 bridgehead atoms. The summed E-state index contributed by atoms with van der Waals surface area (Å²) in [4.78, 5) is 40.6. The molecule has 1 aliphatic heterocycles. The number of nitrogens with zero attached hydrogens (tertiary/aromatic N) is 5. The monoisotopic (exact) mass is 587 g/mol. The molecule has 1 aliphatic rings. The molecule has 216 valence electrons. The van der Waals surface area contributed by atoms with Crippen LogP contribution in [0.3, 0.4) is 0 Å². The van der Waals surface area contributed by atoms with Crippen LogP contribution >= 0.6 is 11.3 Å². The van der Waals surface area contributed by atoms with Crippen LogP contribution in [0.4, 0.5) is 28.8 Å². The van der Waals surface area contributed by atoms with Crippen molar-refractivity contribution in [2.24, 2.45) is 0 Å². The number of thiazole rings is 1. The number of ether oxygens (including phenoxy) is 1. The van der Waals surface area contributed by atoms with E-state index in [4.69, 9.17) is 4.74 Å². The van der Waals surface area contributed by atoms with Gasteiger partial charge in [0.2, 0.25) is 0 Å². The lowest BCUT2D eigenvalue weighted by Crippen LogP contribution is -2.52. The Balaban J connectivity index is 1.21. The Morgan fingerprint density at radius 2 is 1.78 bits per heavy atom. The third-order valence-electron chi connectivity index (χ3n) is 6.36. The number of pyridine rings is 1. The minimum atomic E-state index is -4.40. The van der Waals surface area contributed by atoms with Crippen molar-refractivity contribution in [1.82, 2.24) is 29.7 Å². The number of imidazole rings is 1. The molecule has 2 amide bonds. The number of fused-ring (bicyclic) bond motifs is 1. The quantitative estimate of drug-likeness (QED) is 0.287. The number of hydrogen-bond donors (Lipinski definition) is 2. The number of carbonyl (C=O) groups is 2. The normalized spacial score (nSPS) is 15.0. The molecule has 0 saturated carbocycles. The predicted octanol–water partition coefficient (Wildman–Crippen LogP) is 5.93. The standard InChI is InChI=1S/C27H28F3N7O3S/c1-15(22-11-32-24(41-22)35-17-7-5-16(6-8-17)27(28,29)30)34-23(38)19-9-21-20(10-31-19)33-14-37(21)18-12-36(13-18)25(39)40-26(2,3)4/h5-11,14-15,18H,12-13H2,1-4H3,(H,32,35)(H,34,38)/t15-/m1/s1. The summed E-state index contributed by atoms with van der Waals surface area (Å²) in [6.45, 7) is 8.20. The summed E-state index contributed by atoms with van der Waals surface area (Å²) in [7, 11) is 0. The Bertz CT molecular complexity index is 1570. The first-order valence-electron chi connectivity index (χ1n) is 12.8. The Kier molecular flexibility index (Phi) is 7.36. The number of amides is 2. The molecule has 0 unspecified atom stereocenters. The number of aromatic nitrogens is 4. The maximum Gasteiger partial charge on any atom is 0.416 e. The second kappa shape index (κ2) is 10.7. The molecule has 3 aromatic heterocycles. The van der Waals surface area contributed by atoms with Gasteiger partial charge in [0.25, 0.3) is 5.91 Å². The van der Waals surface area contributed by atoms with Gasteiger partial charge in [0.15, 0.2) is 5.13 Å². The van der Waals surface area contributed by atoms with E-state index in [0.717, 1.165) is 22.5 Å². The first kappa shape index (κ1) is 28.3. The van der Waals surface area contributed by atoms with Crippen molar-refractivity contribution in [3.05, 3.63) is 65.2 Å². The molecule has 41 heavy (non-hydrogen) atoms. The van der Waals surface area contributed by atoms with Crippen molar-refractivity contribution in [3.8, 4) is 0 Å². The van der Waals surface area contributed by atoms with Crippen molar-refractivity contribution in [2.45, 2.75) is 51.6 Å². The lowest BCUT2D eigenvalue weighted by molar-refractivity contribution is -0.137. The van der Waals surface area contributed by atoms with Crippen LogP contribution in [0.15, 0.2) is 49.1 Å². The van der Waals surface area contributed by atoms with Crippen LogP contribution in [0.1, 0.15) is 60.7 Å². The Hall–Kier alpha value is -4.20. The zero-order valence-corrected chi connectivity index (χ0v) is 23.5. The second-order valence-electron chi connectivity index (χ2n) is 10.7. The molecule has 1 saturated heterocycles. The fourth-order valence-corrected chi connectivity index (χ4v) is 5.04. The molecule has 1 fully saturated rings. The van der Waals surface area contributed by atoms with Crippen LogP contribution < -0.4 is 10.6 Å². The van der Waals surface area contributed by atoms with Crippen molar-refractivity contribution in [1.29, 1.82) is 0 Å². The smallest absolute Gasteiger partial charge is 0.416 e. The van der Waals surface area contributed by atoms with Gasteiger partial charge in [-0.15, -0.1) is 0 Å². The summed E-state index contributed by atoms with van der Waals surface area (Å²) >= 11 is 1.27. The summed E-state index contributed by atoms with van der Waals surface area (Å²) in [5, 5.41) is 6.37. The number of alkyl halides is 3. The minimum Gasteiger partial charge on any atom is -0.444 e. The summed E-state index contributed by atoms with van der Waals surface area (Å²) < 4.78 is 45.7. The number of carbonyl (C=O) groups excluding carboxylic acids is 2. The average Bonchev–Trinajstić information content (AvgIpc) is 3.49. The highest BCUT2D eigenvalue weighted by atomic mass is 32.1.